The van der Waals surface area contributed by atoms with Gasteiger partial charge in [-0.3, -0.25) is 9.88 Å². The third-order valence-corrected chi connectivity index (χ3v) is 4.85. The Bertz CT molecular complexity index is 1060. The quantitative estimate of drug-likeness (QED) is 0.651. The molecule has 1 aromatic carbocycles. The Hall–Kier alpha value is -3.54. The van der Waals surface area contributed by atoms with Crippen LogP contribution in [0, 0.1) is 0 Å². The van der Waals surface area contributed by atoms with Crippen molar-refractivity contribution in [1.82, 2.24) is 30.3 Å². The van der Waals surface area contributed by atoms with Crippen LogP contribution in [0.5, 0.6) is 0 Å². The maximum atomic E-state index is 12.8. The molecule has 0 saturated carbocycles. The number of urea groups is 1. The van der Waals surface area contributed by atoms with Crippen LogP contribution in [0.15, 0.2) is 47.4 Å². The van der Waals surface area contributed by atoms with E-state index in [-0.39, 0.29) is 17.8 Å². The molecule has 1 saturated heterocycles. The minimum atomic E-state index is -4.48. The number of amides is 2. The number of alkyl halides is 3. The number of halogens is 3. The molecule has 0 bridgehead atoms. The first-order chi connectivity index (χ1) is 14.8. The molecule has 0 aliphatic carbocycles. The summed E-state index contributed by atoms with van der Waals surface area (Å²) in [6, 6.07) is 3.38. The lowest BCUT2D eigenvalue weighted by Gasteiger charge is -2.14. The summed E-state index contributed by atoms with van der Waals surface area (Å²) >= 11 is 0. The Morgan fingerprint density at radius 2 is 2.13 bits per heavy atom. The van der Waals surface area contributed by atoms with Crippen LogP contribution in [0.4, 0.5) is 23.7 Å². The topological polar surface area (TPSA) is 109 Å². The highest BCUT2D eigenvalue weighted by atomic mass is 19.4. The normalized spacial score (nSPS) is 19.4. The maximum absolute atomic E-state index is 12.8. The van der Waals surface area contributed by atoms with Gasteiger partial charge >= 0.3 is 12.2 Å². The second kappa shape index (κ2) is 8.30. The highest BCUT2D eigenvalue weighted by Crippen LogP contribution is 2.32. The summed E-state index contributed by atoms with van der Waals surface area (Å²) in [5, 5.41) is 9.14. The first-order valence-electron chi connectivity index (χ1n) is 9.34. The van der Waals surface area contributed by atoms with E-state index in [1.165, 1.54) is 30.7 Å². The lowest BCUT2D eigenvalue weighted by Crippen LogP contribution is -2.39. The number of nitrogens with one attached hydrogen (secondary N) is 2. The van der Waals surface area contributed by atoms with Gasteiger partial charge in [0.1, 0.15) is 5.69 Å². The molecule has 1 aliphatic heterocycles. The van der Waals surface area contributed by atoms with Crippen LogP contribution in [-0.2, 0) is 6.18 Å². The van der Waals surface area contributed by atoms with Crippen molar-refractivity contribution >= 4 is 11.7 Å². The van der Waals surface area contributed by atoms with Crippen LogP contribution in [0.3, 0.4) is 0 Å². The fourth-order valence-electron chi connectivity index (χ4n) is 3.41. The second-order valence-electron chi connectivity index (χ2n) is 7.11. The number of benzene rings is 1. The molecule has 0 spiro atoms. The SMILES string of the molecule is CN1C[C@@H](NC(=O)Nc2cccc(C(F)(F)F)c2)C[C@H]1c1nc(-c2cnccn2)no1. The van der Waals surface area contributed by atoms with Crippen molar-refractivity contribution in [2.75, 3.05) is 18.9 Å². The molecule has 2 amide bonds. The molecule has 0 radical (unpaired) electrons. The molecule has 1 aliphatic rings. The van der Waals surface area contributed by atoms with Gasteiger partial charge in [0, 0.05) is 30.7 Å². The molecule has 0 unspecified atom stereocenters. The molecule has 3 aromatic rings. The standard InChI is InChI=1S/C19H18F3N7O2/c1-29-10-13(26-18(30)25-12-4-2-3-11(7-12)19(20,21)22)8-15(29)17-27-16(28-31-17)14-9-23-5-6-24-14/h2-7,9,13,15H,8,10H2,1H3,(H2,25,26,30)/t13-,15-/m0/s1. The number of carbonyl (C=O) groups is 1. The Morgan fingerprint density at radius 3 is 2.87 bits per heavy atom. The molecule has 31 heavy (non-hydrogen) atoms. The van der Waals surface area contributed by atoms with Crippen molar-refractivity contribution in [3.05, 3.63) is 54.3 Å². The minimum Gasteiger partial charge on any atom is -0.337 e. The number of aromatic nitrogens is 4. The molecule has 3 heterocycles. The van der Waals surface area contributed by atoms with E-state index in [1.54, 1.807) is 0 Å². The monoisotopic (exact) mass is 433 g/mol. The maximum Gasteiger partial charge on any atom is 0.416 e. The van der Waals surface area contributed by atoms with Crippen LogP contribution in [-0.4, -0.2) is 50.7 Å². The van der Waals surface area contributed by atoms with E-state index in [4.69, 9.17) is 4.52 Å². The van der Waals surface area contributed by atoms with E-state index < -0.39 is 17.8 Å². The van der Waals surface area contributed by atoms with Crippen molar-refractivity contribution in [1.29, 1.82) is 0 Å². The molecule has 4 rings (SSSR count). The van der Waals surface area contributed by atoms with E-state index in [0.29, 0.717) is 30.4 Å². The summed E-state index contributed by atoms with van der Waals surface area (Å²) in [6.07, 6.45) is 0.597. The number of likely N-dealkylation sites (N-methyl/N-ethyl adjacent to an activating group) is 1. The van der Waals surface area contributed by atoms with Crippen molar-refractivity contribution in [2.45, 2.75) is 24.7 Å². The van der Waals surface area contributed by atoms with E-state index in [1.807, 2.05) is 11.9 Å². The number of anilines is 1. The van der Waals surface area contributed by atoms with E-state index in [9.17, 15) is 18.0 Å². The first-order valence-corrected chi connectivity index (χ1v) is 9.34. The zero-order valence-electron chi connectivity index (χ0n) is 16.3. The number of hydrogen-bond donors (Lipinski definition) is 2. The molecule has 162 valence electrons. The lowest BCUT2D eigenvalue weighted by molar-refractivity contribution is -0.137. The fraction of sp³-hybridized carbons (Fsp3) is 0.316. The number of rotatable bonds is 4. The van der Waals surface area contributed by atoms with Gasteiger partial charge in [-0.25, -0.2) is 9.78 Å². The third kappa shape index (κ3) is 4.79. The average molecular weight is 433 g/mol. The Morgan fingerprint density at radius 1 is 1.29 bits per heavy atom. The van der Waals surface area contributed by atoms with Crippen LogP contribution >= 0.6 is 0 Å². The summed E-state index contributed by atoms with van der Waals surface area (Å²) in [6.45, 7) is 0.504. The Labute approximate surface area is 174 Å². The summed E-state index contributed by atoms with van der Waals surface area (Å²) < 4.78 is 43.8. The number of carbonyl (C=O) groups excluding carboxylic acids is 1. The molecular formula is C19H18F3N7O2. The largest absolute Gasteiger partial charge is 0.416 e. The molecule has 2 aromatic heterocycles. The van der Waals surface area contributed by atoms with Gasteiger partial charge in [-0.1, -0.05) is 11.2 Å². The molecular weight excluding hydrogens is 415 g/mol. The Balaban J connectivity index is 1.37. The van der Waals surface area contributed by atoms with Crippen LogP contribution in [0.25, 0.3) is 11.5 Å². The summed E-state index contributed by atoms with van der Waals surface area (Å²) in [5.41, 5.74) is -0.296. The fourth-order valence-corrected chi connectivity index (χ4v) is 3.41. The predicted molar refractivity (Wildman–Crippen MR) is 103 cm³/mol. The smallest absolute Gasteiger partial charge is 0.337 e. The van der Waals surface area contributed by atoms with Gasteiger partial charge < -0.3 is 15.2 Å². The zero-order valence-corrected chi connectivity index (χ0v) is 16.3. The highest BCUT2D eigenvalue weighted by Gasteiger charge is 2.35. The second-order valence-corrected chi connectivity index (χ2v) is 7.11. The number of nitrogens with zero attached hydrogens (tertiary/aromatic N) is 5. The Kier molecular flexibility index (Phi) is 5.55. The molecule has 9 nitrogen and oxygen atoms in total. The molecule has 12 heteroatoms. The van der Waals surface area contributed by atoms with Gasteiger partial charge in [0.05, 0.1) is 17.8 Å². The third-order valence-electron chi connectivity index (χ3n) is 4.85. The van der Waals surface area contributed by atoms with Crippen molar-refractivity contribution in [3.8, 4) is 11.5 Å². The predicted octanol–water partition coefficient (Wildman–Crippen LogP) is 3.11. The molecule has 1 fully saturated rings. The van der Waals surface area contributed by atoms with E-state index in [2.05, 4.69) is 30.7 Å². The van der Waals surface area contributed by atoms with Crippen molar-refractivity contribution in [2.24, 2.45) is 0 Å². The average Bonchev–Trinajstić information content (AvgIpc) is 3.35. The van der Waals surface area contributed by atoms with Gasteiger partial charge in [-0.15, -0.1) is 0 Å². The van der Waals surface area contributed by atoms with Gasteiger partial charge in [0.15, 0.2) is 0 Å². The zero-order chi connectivity index (χ0) is 22.0. The van der Waals surface area contributed by atoms with Crippen LogP contribution in [0.1, 0.15) is 23.9 Å². The van der Waals surface area contributed by atoms with Crippen LogP contribution < -0.4 is 10.6 Å². The van der Waals surface area contributed by atoms with Gasteiger partial charge in [0.2, 0.25) is 11.7 Å². The summed E-state index contributed by atoms with van der Waals surface area (Å²) in [4.78, 5) is 26.7. The van der Waals surface area contributed by atoms with Crippen molar-refractivity contribution < 1.29 is 22.5 Å². The summed E-state index contributed by atoms with van der Waals surface area (Å²) in [5.74, 6) is 0.695. The molecule has 2 atom stereocenters. The van der Waals surface area contributed by atoms with Crippen LogP contribution in [0.2, 0.25) is 0 Å². The van der Waals surface area contributed by atoms with Gasteiger partial charge in [0.25, 0.3) is 0 Å². The molecule has 2 N–H and O–H groups in total. The number of likely N-dealkylation sites (tertiary alicyclic amines) is 1. The lowest BCUT2D eigenvalue weighted by atomic mass is 10.1. The van der Waals surface area contributed by atoms with Crippen molar-refractivity contribution in [3.63, 3.8) is 0 Å². The van der Waals surface area contributed by atoms with E-state index >= 15 is 0 Å². The summed E-state index contributed by atoms with van der Waals surface area (Å²) in [7, 11) is 1.85. The highest BCUT2D eigenvalue weighted by molar-refractivity contribution is 5.89. The first kappa shape index (κ1) is 20.7. The van der Waals surface area contributed by atoms with Gasteiger partial charge in [-0.05, 0) is 31.7 Å². The minimum absolute atomic E-state index is 0.0562. The number of hydrogen-bond acceptors (Lipinski definition) is 7. The van der Waals surface area contributed by atoms with E-state index in [0.717, 1.165) is 12.1 Å². The van der Waals surface area contributed by atoms with Gasteiger partial charge in [-0.2, -0.15) is 18.2 Å².